The Morgan fingerprint density at radius 3 is 3.14 bits per heavy atom. The van der Waals surface area contributed by atoms with Gasteiger partial charge in [-0.25, -0.2) is 0 Å². The number of aromatic nitrogens is 2. The third kappa shape index (κ3) is 3.19. The SMILES string of the molecule is CCCOc1ccc(Cl)cc1-c1noc([C@H]2CCCN2)n1. The van der Waals surface area contributed by atoms with Crippen LogP contribution in [0.25, 0.3) is 11.4 Å². The van der Waals surface area contributed by atoms with Crippen LogP contribution in [0, 0.1) is 0 Å². The van der Waals surface area contributed by atoms with E-state index in [-0.39, 0.29) is 6.04 Å². The van der Waals surface area contributed by atoms with Crippen LogP contribution in [0.15, 0.2) is 22.7 Å². The Bertz CT molecular complexity index is 609. The minimum absolute atomic E-state index is 0.158. The molecule has 5 nitrogen and oxygen atoms in total. The standard InChI is InChI=1S/C15H18ClN3O2/c1-2-8-20-13-6-5-10(16)9-11(13)14-18-15(21-19-14)12-4-3-7-17-12/h5-6,9,12,17H,2-4,7-8H2,1H3/t12-/m1/s1. The van der Waals surface area contributed by atoms with E-state index in [9.17, 15) is 0 Å². The normalized spacial score (nSPS) is 18.1. The lowest BCUT2D eigenvalue weighted by molar-refractivity contribution is 0.318. The minimum Gasteiger partial charge on any atom is -0.493 e. The number of rotatable bonds is 5. The molecular formula is C15H18ClN3O2. The van der Waals surface area contributed by atoms with Crippen LogP contribution in [0.1, 0.15) is 38.1 Å². The molecule has 3 rings (SSSR count). The summed E-state index contributed by atoms with van der Waals surface area (Å²) in [5.74, 6) is 1.88. The summed E-state index contributed by atoms with van der Waals surface area (Å²) in [7, 11) is 0. The first-order chi connectivity index (χ1) is 10.3. The van der Waals surface area contributed by atoms with Gasteiger partial charge < -0.3 is 14.6 Å². The Labute approximate surface area is 128 Å². The van der Waals surface area contributed by atoms with Crippen LogP contribution in [0.2, 0.25) is 5.02 Å². The number of hydrogen-bond donors (Lipinski definition) is 1. The molecule has 6 heteroatoms. The van der Waals surface area contributed by atoms with Crippen molar-refractivity contribution in [2.75, 3.05) is 13.2 Å². The van der Waals surface area contributed by atoms with Gasteiger partial charge in [0.2, 0.25) is 11.7 Å². The Kier molecular flexibility index (Phi) is 4.41. The highest BCUT2D eigenvalue weighted by molar-refractivity contribution is 6.30. The molecule has 21 heavy (non-hydrogen) atoms. The summed E-state index contributed by atoms with van der Waals surface area (Å²) < 4.78 is 11.1. The molecule has 2 aromatic rings. The largest absolute Gasteiger partial charge is 0.493 e. The van der Waals surface area contributed by atoms with E-state index < -0.39 is 0 Å². The van der Waals surface area contributed by atoms with Crippen LogP contribution in [-0.4, -0.2) is 23.3 Å². The number of halogens is 1. The van der Waals surface area contributed by atoms with E-state index in [1.165, 1.54) is 0 Å². The highest BCUT2D eigenvalue weighted by Gasteiger charge is 2.23. The molecule has 0 saturated carbocycles. The predicted molar refractivity (Wildman–Crippen MR) is 80.5 cm³/mol. The highest BCUT2D eigenvalue weighted by atomic mass is 35.5. The van der Waals surface area contributed by atoms with E-state index in [1.807, 2.05) is 12.1 Å². The molecule has 1 aliphatic heterocycles. The van der Waals surface area contributed by atoms with E-state index in [2.05, 4.69) is 22.4 Å². The molecule has 0 amide bonds. The fraction of sp³-hybridized carbons (Fsp3) is 0.467. The molecule has 0 aliphatic carbocycles. The van der Waals surface area contributed by atoms with Gasteiger partial charge in [-0.2, -0.15) is 4.98 Å². The Morgan fingerprint density at radius 1 is 1.48 bits per heavy atom. The summed E-state index contributed by atoms with van der Waals surface area (Å²) >= 11 is 6.08. The van der Waals surface area contributed by atoms with Crippen molar-refractivity contribution in [1.29, 1.82) is 0 Å². The van der Waals surface area contributed by atoms with Crippen molar-refractivity contribution in [1.82, 2.24) is 15.5 Å². The average Bonchev–Trinajstić information content (AvgIpc) is 3.16. The zero-order valence-corrected chi connectivity index (χ0v) is 12.7. The zero-order valence-electron chi connectivity index (χ0n) is 11.9. The summed E-state index contributed by atoms with van der Waals surface area (Å²) in [5, 5.41) is 8.04. The van der Waals surface area contributed by atoms with Gasteiger partial charge in [0, 0.05) is 5.02 Å². The molecule has 112 valence electrons. The molecule has 0 bridgehead atoms. The molecule has 1 aromatic heterocycles. The summed E-state index contributed by atoms with van der Waals surface area (Å²) in [6, 6.07) is 5.61. The minimum atomic E-state index is 0.158. The lowest BCUT2D eigenvalue weighted by Gasteiger charge is -2.08. The molecule has 1 aliphatic rings. The van der Waals surface area contributed by atoms with Crippen molar-refractivity contribution in [3.8, 4) is 17.1 Å². The molecule has 1 aromatic carbocycles. The van der Waals surface area contributed by atoms with E-state index in [0.29, 0.717) is 23.3 Å². The molecule has 1 atom stereocenters. The lowest BCUT2D eigenvalue weighted by Crippen LogP contribution is -2.12. The number of nitrogens with one attached hydrogen (secondary N) is 1. The molecule has 1 N–H and O–H groups in total. The fourth-order valence-corrected chi connectivity index (χ4v) is 2.57. The van der Waals surface area contributed by atoms with E-state index >= 15 is 0 Å². The van der Waals surface area contributed by atoms with Gasteiger partial charge in [-0.3, -0.25) is 0 Å². The van der Waals surface area contributed by atoms with Crippen molar-refractivity contribution in [2.45, 2.75) is 32.2 Å². The van der Waals surface area contributed by atoms with E-state index in [1.54, 1.807) is 6.07 Å². The zero-order chi connectivity index (χ0) is 14.7. The summed E-state index contributed by atoms with van der Waals surface area (Å²) in [6.45, 7) is 3.70. The van der Waals surface area contributed by atoms with Gasteiger partial charge >= 0.3 is 0 Å². The first-order valence-electron chi connectivity index (χ1n) is 7.27. The van der Waals surface area contributed by atoms with Gasteiger partial charge in [0.1, 0.15) is 5.75 Å². The van der Waals surface area contributed by atoms with Crippen LogP contribution < -0.4 is 10.1 Å². The molecule has 0 radical (unpaired) electrons. The van der Waals surface area contributed by atoms with Crippen molar-refractivity contribution in [2.24, 2.45) is 0 Å². The van der Waals surface area contributed by atoms with Crippen molar-refractivity contribution < 1.29 is 9.26 Å². The van der Waals surface area contributed by atoms with Crippen LogP contribution >= 0.6 is 11.6 Å². The van der Waals surface area contributed by atoms with Gasteiger partial charge in [-0.1, -0.05) is 23.7 Å². The lowest BCUT2D eigenvalue weighted by atomic mass is 10.2. The first kappa shape index (κ1) is 14.4. The fourth-order valence-electron chi connectivity index (χ4n) is 2.40. The molecule has 0 spiro atoms. The van der Waals surface area contributed by atoms with Gasteiger partial charge in [-0.15, -0.1) is 0 Å². The Balaban J connectivity index is 1.89. The van der Waals surface area contributed by atoms with Crippen LogP contribution in [0.4, 0.5) is 0 Å². The number of nitrogens with zero attached hydrogens (tertiary/aromatic N) is 2. The van der Waals surface area contributed by atoms with Gasteiger partial charge in [0.15, 0.2) is 0 Å². The molecule has 1 fully saturated rings. The van der Waals surface area contributed by atoms with Gasteiger partial charge in [0.05, 0.1) is 18.2 Å². The number of benzene rings is 1. The van der Waals surface area contributed by atoms with Crippen molar-refractivity contribution in [3.63, 3.8) is 0 Å². The quantitative estimate of drug-likeness (QED) is 0.914. The summed E-state index contributed by atoms with van der Waals surface area (Å²) in [6.07, 6.45) is 3.09. The second-order valence-electron chi connectivity index (χ2n) is 5.09. The van der Waals surface area contributed by atoms with Crippen LogP contribution in [-0.2, 0) is 0 Å². The average molecular weight is 308 g/mol. The summed E-state index contributed by atoms with van der Waals surface area (Å²) in [4.78, 5) is 4.49. The van der Waals surface area contributed by atoms with Crippen LogP contribution in [0.3, 0.4) is 0 Å². The smallest absolute Gasteiger partial charge is 0.244 e. The summed E-state index contributed by atoms with van der Waals surface area (Å²) in [5.41, 5.74) is 0.768. The molecule has 0 unspecified atom stereocenters. The maximum Gasteiger partial charge on any atom is 0.244 e. The maximum absolute atomic E-state index is 6.08. The first-order valence-corrected chi connectivity index (χ1v) is 7.65. The second-order valence-corrected chi connectivity index (χ2v) is 5.53. The van der Waals surface area contributed by atoms with Gasteiger partial charge in [-0.05, 0) is 44.0 Å². The van der Waals surface area contributed by atoms with Gasteiger partial charge in [0.25, 0.3) is 0 Å². The van der Waals surface area contributed by atoms with Crippen LogP contribution in [0.5, 0.6) is 5.75 Å². The molecule has 1 saturated heterocycles. The second kappa shape index (κ2) is 6.45. The molecular weight excluding hydrogens is 290 g/mol. The van der Waals surface area contributed by atoms with E-state index in [0.717, 1.165) is 37.1 Å². The number of hydrogen-bond acceptors (Lipinski definition) is 5. The third-order valence-electron chi connectivity index (χ3n) is 3.44. The molecule has 2 heterocycles. The third-order valence-corrected chi connectivity index (χ3v) is 3.68. The van der Waals surface area contributed by atoms with Crippen molar-refractivity contribution in [3.05, 3.63) is 29.1 Å². The van der Waals surface area contributed by atoms with Crippen molar-refractivity contribution >= 4 is 11.6 Å². The Hall–Kier alpha value is -1.59. The number of ether oxygens (including phenoxy) is 1. The maximum atomic E-state index is 6.08. The predicted octanol–water partition coefficient (Wildman–Crippen LogP) is 3.60. The Morgan fingerprint density at radius 2 is 2.38 bits per heavy atom. The highest BCUT2D eigenvalue weighted by Crippen LogP contribution is 2.32. The topological polar surface area (TPSA) is 60.2 Å². The van der Waals surface area contributed by atoms with E-state index in [4.69, 9.17) is 20.9 Å². The monoisotopic (exact) mass is 307 g/mol.